The molecule has 0 radical (unpaired) electrons. The predicted molar refractivity (Wildman–Crippen MR) is 58.5 cm³/mol. The van der Waals surface area contributed by atoms with E-state index in [2.05, 4.69) is 4.98 Å². The summed E-state index contributed by atoms with van der Waals surface area (Å²) in [7, 11) is 0. The third kappa shape index (κ3) is 1.78. The van der Waals surface area contributed by atoms with Gasteiger partial charge in [-0.1, -0.05) is 18.2 Å². The molecule has 0 atom stereocenters. The third-order valence-corrected chi connectivity index (χ3v) is 2.35. The van der Waals surface area contributed by atoms with Gasteiger partial charge in [0.05, 0.1) is 5.88 Å². The number of carbonyl (C=O) groups excluding carboxylic acids is 1. The summed E-state index contributed by atoms with van der Waals surface area (Å²) in [6, 6.07) is 8.41. The first-order valence-corrected chi connectivity index (χ1v) is 4.93. The maximum absolute atomic E-state index is 11.3. The van der Waals surface area contributed by atoms with Crippen molar-refractivity contribution in [1.82, 2.24) is 4.98 Å². The number of aromatic hydroxyl groups is 1. The monoisotopic (exact) mass is 221 g/mol. The van der Waals surface area contributed by atoms with Crippen molar-refractivity contribution < 1.29 is 9.90 Å². The Morgan fingerprint density at radius 2 is 2.13 bits per heavy atom. The number of phenols is 1. The van der Waals surface area contributed by atoms with Crippen LogP contribution in [-0.2, 0) is 0 Å². The van der Waals surface area contributed by atoms with Crippen LogP contribution in [0, 0.1) is 0 Å². The van der Waals surface area contributed by atoms with Gasteiger partial charge in [0.2, 0.25) is 0 Å². The Kier molecular flexibility index (Phi) is 2.56. The van der Waals surface area contributed by atoms with Gasteiger partial charge in [0, 0.05) is 5.39 Å². The number of rotatable bonds is 2. The van der Waals surface area contributed by atoms with Crippen LogP contribution in [0.2, 0.25) is 0 Å². The lowest BCUT2D eigenvalue weighted by molar-refractivity contribution is 0.101. The zero-order chi connectivity index (χ0) is 10.8. The third-order valence-electron chi connectivity index (χ3n) is 2.11. The number of hydrogen-bond acceptors (Lipinski definition) is 3. The van der Waals surface area contributed by atoms with Crippen LogP contribution >= 0.6 is 11.6 Å². The first-order chi connectivity index (χ1) is 7.22. The van der Waals surface area contributed by atoms with Crippen molar-refractivity contribution in [2.24, 2.45) is 0 Å². The van der Waals surface area contributed by atoms with E-state index in [1.54, 1.807) is 18.2 Å². The molecule has 1 aromatic carbocycles. The molecular formula is C11H8ClNO2. The number of halogens is 1. The second-order valence-electron chi connectivity index (χ2n) is 3.10. The van der Waals surface area contributed by atoms with Gasteiger partial charge in [0.25, 0.3) is 0 Å². The first-order valence-electron chi connectivity index (χ1n) is 4.40. The molecule has 0 aliphatic heterocycles. The number of fused-ring (bicyclic) bond motifs is 1. The maximum atomic E-state index is 11.3. The molecule has 0 fully saturated rings. The molecule has 2 aromatic rings. The topological polar surface area (TPSA) is 50.2 Å². The van der Waals surface area contributed by atoms with E-state index < -0.39 is 0 Å². The highest BCUT2D eigenvalue weighted by Gasteiger charge is 2.08. The normalized spacial score (nSPS) is 10.5. The number of phenolic OH excluding ortho intramolecular Hbond substituents is 1. The zero-order valence-electron chi connectivity index (χ0n) is 7.77. The molecule has 0 amide bonds. The lowest BCUT2D eigenvalue weighted by Crippen LogP contribution is -2.03. The van der Waals surface area contributed by atoms with Crippen LogP contribution in [0.3, 0.4) is 0 Å². The quantitative estimate of drug-likeness (QED) is 0.626. The molecule has 2 rings (SSSR count). The van der Waals surface area contributed by atoms with Crippen molar-refractivity contribution in [1.29, 1.82) is 0 Å². The van der Waals surface area contributed by atoms with Gasteiger partial charge in [-0.05, 0) is 12.1 Å². The van der Waals surface area contributed by atoms with Crippen molar-refractivity contribution in [3.8, 4) is 5.75 Å². The van der Waals surface area contributed by atoms with Crippen LogP contribution in [0.25, 0.3) is 10.9 Å². The van der Waals surface area contributed by atoms with Gasteiger partial charge in [-0.2, -0.15) is 0 Å². The van der Waals surface area contributed by atoms with E-state index in [-0.39, 0.29) is 23.1 Å². The molecule has 76 valence electrons. The summed E-state index contributed by atoms with van der Waals surface area (Å²) in [5.74, 6) is -0.287. The highest BCUT2D eigenvalue weighted by Crippen LogP contribution is 2.22. The fourth-order valence-corrected chi connectivity index (χ4v) is 1.49. The first kappa shape index (κ1) is 9.93. The number of hydrogen-bond donors (Lipinski definition) is 1. The Bertz CT molecular complexity index is 525. The average molecular weight is 222 g/mol. The Hall–Kier alpha value is -1.61. The molecular weight excluding hydrogens is 214 g/mol. The highest BCUT2D eigenvalue weighted by molar-refractivity contribution is 6.30. The van der Waals surface area contributed by atoms with Crippen LogP contribution < -0.4 is 0 Å². The van der Waals surface area contributed by atoms with Crippen molar-refractivity contribution in [2.45, 2.75) is 0 Å². The number of benzene rings is 1. The summed E-state index contributed by atoms with van der Waals surface area (Å²) >= 11 is 5.43. The lowest BCUT2D eigenvalue weighted by atomic mass is 10.1. The van der Waals surface area contributed by atoms with Crippen molar-refractivity contribution >= 4 is 28.3 Å². The predicted octanol–water partition coefficient (Wildman–Crippen LogP) is 2.36. The van der Waals surface area contributed by atoms with Gasteiger partial charge >= 0.3 is 0 Å². The van der Waals surface area contributed by atoms with E-state index in [1.807, 2.05) is 6.07 Å². The Balaban J connectivity index is 2.64. The van der Waals surface area contributed by atoms with Crippen molar-refractivity contribution in [3.63, 3.8) is 0 Å². The van der Waals surface area contributed by atoms with E-state index in [9.17, 15) is 9.90 Å². The summed E-state index contributed by atoms with van der Waals surface area (Å²) < 4.78 is 0. The zero-order valence-corrected chi connectivity index (χ0v) is 8.53. The van der Waals surface area contributed by atoms with Gasteiger partial charge in [-0.3, -0.25) is 4.79 Å². The minimum Gasteiger partial charge on any atom is -0.506 e. The van der Waals surface area contributed by atoms with Gasteiger partial charge in [-0.15, -0.1) is 11.6 Å². The smallest absolute Gasteiger partial charge is 0.195 e. The maximum Gasteiger partial charge on any atom is 0.195 e. The van der Waals surface area contributed by atoms with E-state index in [1.165, 1.54) is 6.07 Å². The van der Waals surface area contributed by atoms with E-state index in [4.69, 9.17) is 11.6 Å². The van der Waals surface area contributed by atoms with E-state index in [0.717, 1.165) is 5.39 Å². The fraction of sp³-hybridized carbons (Fsp3) is 0.0909. The van der Waals surface area contributed by atoms with Crippen LogP contribution in [0.15, 0.2) is 30.3 Å². The average Bonchev–Trinajstić information content (AvgIpc) is 2.28. The Morgan fingerprint density at radius 1 is 1.33 bits per heavy atom. The highest BCUT2D eigenvalue weighted by atomic mass is 35.5. The SMILES string of the molecule is O=C(CCl)c1ccc2cccc(O)c2n1. The second-order valence-corrected chi connectivity index (χ2v) is 3.37. The summed E-state index contributed by atoms with van der Waals surface area (Å²) in [5, 5.41) is 10.3. The number of nitrogens with zero attached hydrogens (tertiary/aromatic N) is 1. The molecule has 0 aliphatic carbocycles. The fourth-order valence-electron chi connectivity index (χ4n) is 1.36. The lowest BCUT2D eigenvalue weighted by Gasteiger charge is -2.01. The molecule has 0 unspecified atom stereocenters. The molecule has 0 saturated heterocycles. The van der Waals surface area contributed by atoms with Crippen LogP contribution in [0.5, 0.6) is 5.75 Å². The summed E-state index contributed by atoms with van der Waals surface area (Å²) in [4.78, 5) is 15.4. The summed E-state index contributed by atoms with van der Waals surface area (Å²) in [6.45, 7) is 0. The largest absolute Gasteiger partial charge is 0.506 e. The number of Topliss-reactive ketones (excluding diaryl/α,β-unsaturated/α-hetero) is 1. The van der Waals surface area contributed by atoms with Crippen molar-refractivity contribution in [2.75, 3.05) is 5.88 Å². The number of para-hydroxylation sites is 1. The van der Waals surface area contributed by atoms with E-state index in [0.29, 0.717) is 5.52 Å². The summed E-state index contributed by atoms with van der Waals surface area (Å²) in [6.07, 6.45) is 0. The standard InChI is InChI=1S/C11H8ClNO2/c12-6-10(15)8-5-4-7-2-1-3-9(14)11(7)13-8/h1-5,14H,6H2. The Morgan fingerprint density at radius 3 is 2.87 bits per heavy atom. The number of aromatic nitrogens is 1. The second kappa shape index (κ2) is 3.87. The van der Waals surface area contributed by atoms with Gasteiger partial charge in [0.15, 0.2) is 5.78 Å². The molecule has 3 nitrogen and oxygen atoms in total. The minimum atomic E-state index is -0.248. The molecule has 0 bridgehead atoms. The molecule has 0 spiro atoms. The molecule has 1 heterocycles. The van der Waals surface area contributed by atoms with Crippen LogP contribution in [-0.4, -0.2) is 21.8 Å². The van der Waals surface area contributed by atoms with Crippen LogP contribution in [0.4, 0.5) is 0 Å². The molecule has 15 heavy (non-hydrogen) atoms. The van der Waals surface area contributed by atoms with E-state index >= 15 is 0 Å². The van der Waals surface area contributed by atoms with Crippen molar-refractivity contribution in [3.05, 3.63) is 36.0 Å². The number of pyridine rings is 1. The molecule has 0 aliphatic rings. The molecule has 4 heteroatoms. The molecule has 1 N–H and O–H groups in total. The van der Waals surface area contributed by atoms with Gasteiger partial charge in [-0.25, -0.2) is 4.98 Å². The summed E-state index contributed by atoms with van der Waals surface area (Å²) in [5.41, 5.74) is 0.701. The number of carbonyl (C=O) groups is 1. The molecule has 1 aromatic heterocycles. The minimum absolute atomic E-state index is 0.0664. The molecule has 0 saturated carbocycles. The van der Waals surface area contributed by atoms with Gasteiger partial charge in [0.1, 0.15) is 17.0 Å². The number of alkyl halides is 1. The van der Waals surface area contributed by atoms with Gasteiger partial charge < -0.3 is 5.11 Å². The van der Waals surface area contributed by atoms with Crippen LogP contribution in [0.1, 0.15) is 10.5 Å². The number of ketones is 1. The Labute approximate surface area is 91.3 Å².